The van der Waals surface area contributed by atoms with Gasteiger partial charge in [0.15, 0.2) is 0 Å². The van der Waals surface area contributed by atoms with Crippen molar-refractivity contribution >= 4 is 5.91 Å². The van der Waals surface area contributed by atoms with Crippen molar-refractivity contribution in [1.29, 1.82) is 5.26 Å². The van der Waals surface area contributed by atoms with Crippen LogP contribution >= 0.6 is 0 Å². The number of nitrogens with zero attached hydrogens (tertiary/aromatic N) is 3. The lowest BCUT2D eigenvalue weighted by atomic mass is 9.97. The first kappa shape index (κ1) is 12.5. The van der Waals surface area contributed by atoms with Crippen LogP contribution in [0.3, 0.4) is 0 Å². The van der Waals surface area contributed by atoms with Crippen molar-refractivity contribution < 1.29 is 4.79 Å². The number of carbonyl (C=O) groups excluding carboxylic acids is 1. The van der Waals surface area contributed by atoms with Gasteiger partial charge in [0.25, 0.3) is 5.91 Å². The quantitative estimate of drug-likeness (QED) is 0.868. The van der Waals surface area contributed by atoms with Crippen molar-refractivity contribution in [2.45, 2.75) is 18.8 Å². The topological polar surface area (TPSA) is 88.6 Å². The van der Waals surface area contributed by atoms with Gasteiger partial charge in [0.1, 0.15) is 17.6 Å². The fraction of sp³-hybridized carbons (Fsp3) is 0.357. The number of nitrogens with one attached hydrogen (secondary N) is 2. The molecule has 0 saturated carbocycles. The molecule has 1 fully saturated rings. The van der Waals surface area contributed by atoms with E-state index in [1.165, 1.54) is 0 Å². The lowest BCUT2D eigenvalue weighted by Crippen LogP contribution is -2.39. The molecule has 2 N–H and O–H groups in total. The summed E-state index contributed by atoms with van der Waals surface area (Å²) in [5.74, 6) is 1.14. The van der Waals surface area contributed by atoms with Crippen LogP contribution < -0.4 is 0 Å². The molecule has 0 radical (unpaired) electrons. The molecule has 6 nitrogen and oxygen atoms in total. The SMILES string of the molecule is N#Cc1c[nH]c(C(=O)N2CCC[C@@H](c3ncc[nH]3)C2)c1. The van der Waals surface area contributed by atoms with E-state index in [9.17, 15) is 4.79 Å². The number of rotatable bonds is 2. The van der Waals surface area contributed by atoms with Crippen molar-refractivity contribution in [2.24, 2.45) is 0 Å². The minimum Gasteiger partial charge on any atom is -0.356 e. The van der Waals surface area contributed by atoms with Crippen LogP contribution in [-0.4, -0.2) is 38.8 Å². The summed E-state index contributed by atoms with van der Waals surface area (Å²) in [6.45, 7) is 1.41. The second-order valence-corrected chi connectivity index (χ2v) is 4.98. The number of H-pyrrole nitrogens is 2. The van der Waals surface area contributed by atoms with Crippen LogP contribution in [0.2, 0.25) is 0 Å². The van der Waals surface area contributed by atoms with E-state index in [4.69, 9.17) is 5.26 Å². The summed E-state index contributed by atoms with van der Waals surface area (Å²) in [5, 5.41) is 8.80. The fourth-order valence-corrected chi connectivity index (χ4v) is 2.64. The minimum absolute atomic E-state index is 0.0530. The predicted octanol–water partition coefficient (Wildman–Crippen LogP) is 1.63. The number of hydrogen-bond acceptors (Lipinski definition) is 3. The van der Waals surface area contributed by atoms with E-state index < -0.39 is 0 Å². The monoisotopic (exact) mass is 269 g/mol. The second-order valence-electron chi connectivity index (χ2n) is 4.98. The van der Waals surface area contributed by atoms with Crippen LogP contribution in [0.15, 0.2) is 24.7 Å². The van der Waals surface area contributed by atoms with E-state index in [1.54, 1.807) is 24.7 Å². The fourth-order valence-electron chi connectivity index (χ4n) is 2.64. The highest BCUT2D eigenvalue weighted by atomic mass is 16.2. The van der Waals surface area contributed by atoms with Gasteiger partial charge in [-0.15, -0.1) is 0 Å². The number of likely N-dealkylation sites (tertiary alicyclic amines) is 1. The van der Waals surface area contributed by atoms with Gasteiger partial charge in [-0.3, -0.25) is 4.79 Å². The lowest BCUT2D eigenvalue weighted by Gasteiger charge is -2.31. The molecule has 3 heterocycles. The highest BCUT2D eigenvalue weighted by Crippen LogP contribution is 2.25. The van der Waals surface area contributed by atoms with Gasteiger partial charge in [-0.05, 0) is 18.9 Å². The Labute approximate surface area is 116 Å². The highest BCUT2D eigenvalue weighted by Gasteiger charge is 2.27. The zero-order chi connectivity index (χ0) is 13.9. The Hall–Kier alpha value is -2.55. The third kappa shape index (κ3) is 2.30. The van der Waals surface area contributed by atoms with Gasteiger partial charge >= 0.3 is 0 Å². The minimum atomic E-state index is -0.0530. The van der Waals surface area contributed by atoms with Crippen LogP contribution in [-0.2, 0) is 0 Å². The maximum Gasteiger partial charge on any atom is 0.270 e. The van der Waals surface area contributed by atoms with Gasteiger partial charge in [0, 0.05) is 37.6 Å². The van der Waals surface area contributed by atoms with E-state index in [2.05, 4.69) is 15.0 Å². The normalized spacial score (nSPS) is 18.8. The zero-order valence-electron chi connectivity index (χ0n) is 11.0. The van der Waals surface area contributed by atoms with Gasteiger partial charge in [-0.1, -0.05) is 0 Å². The molecule has 1 atom stereocenters. The highest BCUT2D eigenvalue weighted by molar-refractivity contribution is 5.93. The van der Waals surface area contributed by atoms with Crippen molar-refractivity contribution in [3.8, 4) is 6.07 Å². The third-order valence-corrected chi connectivity index (χ3v) is 3.66. The van der Waals surface area contributed by atoms with Crippen molar-refractivity contribution in [3.05, 3.63) is 41.7 Å². The molecule has 20 heavy (non-hydrogen) atoms. The summed E-state index contributed by atoms with van der Waals surface area (Å²) in [4.78, 5) is 24.5. The van der Waals surface area contributed by atoms with Crippen LogP contribution in [0.5, 0.6) is 0 Å². The molecule has 3 rings (SSSR count). The standard InChI is InChI=1S/C14H15N5O/c15-7-10-6-12(18-8-10)14(20)19-5-1-2-11(9-19)13-16-3-4-17-13/h3-4,6,8,11,18H,1-2,5,9H2,(H,16,17)/t11-/m1/s1. The molecule has 6 heteroatoms. The van der Waals surface area contributed by atoms with Gasteiger partial charge in [0.2, 0.25) is 0 Å². The van der Waals surface area contributed by atoms with Crippen molar-refractivity contribution in [2.75, 3.05) is 13.1 Å². The summed E-state index contributed by atoms with van der Waals surface area (Å²) in [6.07, 6.45) is 7.09. The van der Waals surface area contributed by atoms with Gasteiger partial charge in [0.05, 0.1) is 5.56 Å². The summed E-state index contributed by atoms with van der Waals surface area (Å²) in [6, 6.07) is 3.62. The zero-order valence-corrected chi connectivity index (χ0v) is 11.0. The molecular weight excluding hydrogens is 254 g/mol. The first-order chi connectivity index (χ1) is 9.78. The number of amides is 1. The Morgan fingerprint density at radius 1 is 1.50 bits per heavy atom. The molecule has 2 aromatic heterocycles. The largest absolute Gasteiger partial charge is 0.356 e. The van der Waals surface area contributed by atoms with Gasteiger partial charge in [-0.2, -0.15) is 5.26 Å². The molecule has 2 aromatic rings. The number of carbonyl (C=O) groups is 1. The lowest BCUT2D eigenvalue weighted by molar-refractivity contribution is 0.0699. The van der Waals surface area contributed by atoms with E-state index in [0.29, 0.717) is 17.8 Å². The number of nitriles is 1. The summed E-state index contributed by atoms with van der Waals surface area (Å²) in [5.41, 5.74) is 0.953. The second kappa shape index (κ2) is 5.21. The van der Waals surface area contributed by atoms with Gasteiger partial charge < -0.3 is 14.9 Å². The third-order valence-electron chi connectivity index (χ3n) is 3.66. The molecule has 1 aliphatic rings. The molecule has 0 spiro atoms. The number of piperidine rings is 1. The first-order valence-electron chi connectivity index (χ1n) is 6.65. The Kier molecular flexibility index (Phi) is 3.25. The Balaban J connectivity index is 1.73. The number of aromatic amines is 2. The Bertz CT molecular complexity index is 637. The number of aromatic nitrogens is 3. The molecule has 1 saturated heterocycles. The molecule has 0 aromatic carbocycles. The van der Waals surface area contributed by atoms with Crippen LogP contribution in [0.1, 0.15) is 40.6 Å². The number of hydrogen-bond donors (Lipinski definition) is 2. The molecule has 1 aliphatic heterocycles. The molecule has 0 aliphatic carbocycles. The summed E-state index contributed by atoms with van der Waals surface area (Å²) >= 11 is 0. The van der Waals surface area contributed by atoms with Crippen LogP contribution in [0.25, 0.3) is 0 Å². The van der Waals surface area contributed by atoms with Gasteiger partial charge in [-0.25, -0.2) is 4.98 Å². The summed E-state index contributed by atoms with van der Waals surface area (Å²) < 4.78 is 0. The van der Waals surface area contributed by atoms with Crippen LogP contribution in [0.4, 0.5) is 0 Å². The molecular formula is C14H15N5O. The average Bonchev–Trinajstić information content (AvgIpc) is 3.17. The summed E-state index contributed by atoms with van der Waals surface area (Å²) in [7, 11) is 0. The smallest absolute Gasteiger partial charge is 0.270 e. The predicted molar refractivity (Wildman–Crippen MR) is 72.0 cm³/mol. The maximum absolute atomic E-state index is 12.4. The van der Waals surface area contributed by atoms with Crippen molar-refractivity contribution in [3.63, 3.8) is 0 Å². The van der Waals surface area contributed by atoms with E-state index in [1.807, 2.05) is 11.0 Å². The Morgan fingerprint density at radius 2 is 2.40 bits per heavy atom. The Morgan fingerprint density at radius 3 is 3.10 bits per heavy atom. The molecule has 0 bridgehead atoms. The molecule has 102 valence electrons. The average molecular weight is 269 g/mol. The van der Waals surface area contributed by atoms with E-state index in [0.717, 1.165) is 25.2 Å². The molecule has 1 amide bonds. The van der Waals surface area contributed by atoms with Crippen LogP contribution in [0, 0.1) is 11.3 Å². The number of imidazole rings is 1. The van der Waals surface area contributed by atoms with E-state index >= 15 is 0 Å². The maximum atomic E-state index is 12.4. The molecule has 0 unspecified atom stereocenters. The van der Waals surface area contributed by atoms with E-state index in [-0.39, 0.29) is 11.8 Å². The first-order valence-corrected chi connectivity index (χ1v) is 6.65. The van der Waals surface area contributed by atoms with Crippen molar-refractivity contribution in [1.82, 2.24) is 19.9 Å².